The van der Waals surface area contributed by atoms with Crippen LogP contribution >= 0.6 is 0 Å². The number of halogens is 1. The Balaban J connectivity index is 1.44. The highest BCUT2D eigenvalue weighted by atomic mass is 19.1. The van der Waals surface area contributed by atoms with E-state index in [-0.39, 0.29) is 23.4 Å². The Kier molecular flexibility index (Phi) is 4.51. The molecule has 0 spiro atoms. The van der Waals surface area contributed by atoms with Crippen LogP contribution in [0.2, 0.25) is 0 Å². The first-order chi connectivity index (χ1) is 12.7. The lowest BCUT2D eigenvalue weighted by atomic mass is 9.98. The number of carbonyl (C=O) groups is 1. The minimum Gasteiger partial charge on any atom is -0.445 e. The van der Waals surface area contributed by atoms with Crippen molar-refractivity contribution in [2.24, 2.45) is 0 Å². The smallest absolute Gasteiger partial charge is 0.291 e. The van der Waals surface area contributed by atoms with Crippen LogP contribution < -0.4 is 0 Å². The van der Waals surface area contributed by atoms with Crippen LogP contribution in [0.3, 0.4) is 0 Å². The van der Waals surface area contributed by atoms with E-state index in [0.29, 0.717) is 31.2 Å². The summed E-state index contributed by atoms with van der Waals surface area (Å²) in [7, 11) is 0. The molecule has 3 heterocycles. The van der Waals surface area contributed by atoms with Gasteiger partial charge in [0.05, 0.1) is 18.3 Å². The monoisotopic (exact) mass is 355 g/mol. The second-order valence-corrected chi connectivity index (χ2v) is 6.43. The van der Waals surface area contributed by atoms with Gasteiger partial charge in [-0.05, 0) is 30.5 Å². The molecule has 0 bridgehead atoms. The van der Waals surface area contributed by atoms with E-state index in [0.717, 1.165) is 18.4 Å². The molecule has 0 N–H and O–H groups in total. The van der Waals surface area contributed by atoms with Crippen molar-refractivity contribution in [2.45, 2.75) is 25.2 Å². The lowest BCUT2D eigenvalue weighted by Crippen LogP contribution is -2.39. The van der Waals surface area contributed by atoms with E-state index in [9.17, 15) is 9.18 Å². The number of hydrogen-bond acceptors (Lipinski definition) is 5. The quantitative estimate of drug-likeness (QED) is 0.717. The first-order valence-corrected chi connectivity index (χ1v) is 8.56. The number of aromatic nitrogens is 2. The molecule has 7 heteroatoms. The van der Waals surface area contributed by atoms with Gasteiger partial charge in [0.2, 0.25) is 5.76 Å². The van der Waals surface area contributed by atoms with Crippen molar-refractivity contribution < 1.29 is 18.0 Å². The minimum absolute atomic E-state index is 0.0388. The fraction of sp³-hybridized carbons (Fsp3) is 0.316. The van der Waals surface area contributed by atoms with Gasteiger partial charge in [-0.1, -0.05) is 12.1 Å². The van der Waals surface area contributed by atoms with E-state index in [2.05, 4.69) is 9.97 Å². The van der Waals surface area contributed by atoms with Gasteiger partial charge in [0, 0.05) is 19.5 Å². The first-order valence-electron chi connectivity index (χ1n) is 8.56. The molecule has 134 valence electrons. The molecule has 1 saturated heterocycles. The zero-order valence-corrected chi connectivity index (χ0v) is 14.1. The third-order valence-corrected chi connectivity index (χ3v) is 4.54. The topological polar surface area (TPSA) is 72.4 Å². The molecular formula is C19H18FN3O3. The molecule has 1 amide bonds. The standard InChI is InChI=1S/C19H18FN3O3/c20-15-5-1-3-13(7-15)8-16-9-22-18(26-16)14-4-2-6-23(11-14)19(24)17-10-21-12-25-17/h1,3,5,7,9-10,12,14H,2,4,6,8,11H2. The molecule has 0 aliphatic carbocycles. The largest absolute Gasteiger partial charge is 0.445 e. The van der Waals surface area contributed by atoms with Gasteiger partial charge < -0.3 is 13.7 Å². The van der Waals surface area contributed by atoms with Crippen LogP contribution in [0.25, 0.3) is 0 Å². The van der Waals surface area contributed by atoms with Crippen LogP contribution in [0.5, 0.6) is 0 Å². The highest BCUT2D eigenvalue weighted by Gasteiger charge is 2.29. The third-order valence-electron chi connectivity index (χ3n) is 4.54. The number of carbonyl (C=O) groups excluding carboxylic acids is 1. The van der Waals surface area contributed by atoms with Gasteiger partial charge >= 0.3 is 0 Å². The van der Waals surface area contributed by atoms with Gasteiger partial charge in [-0.25, -0.2) is 14.4 Å². The SMILES string of the molecule is O=C(c1cnco1)N1CCCC(c2ncc(Cc3cccc(F)c3)o2)C1. The number of benzene rings is 1. The maximum Gasteiger partial charge on any atom is 0.291 e. The summed E-state index contributed by atoms with van der Waals surface area (Å²) in [4.78, 5) is 22.3. The third kappa shape index (κ3) is 3.51. The summed E-state index contributed by atoms with van der Waals surface area (Å²) in [5.74, 6) is 1.15. The first kappa shape index (κ1) is 16.5. The van der Waals surface area contributed by atoms with E-state index < -0.39 is 0 Å². The second kappa shape index (κ2) is 7.11. The number of rotatable bonds is 4. The van der Waals surface area contributed by atoms with E-state index in [1.165, 1.54) is 24.7 Å². The molecular weight excluding hydrogens is 337 g/mol. The average Bonchev–Trinajstić information content (AvgIpc) is 3.33. The Labute approximate surface area is 149 Å². The molecule has 0 radical (unpaired) electrons. The van der Waals surface area contributed by atoms with E-state index >= 15 is 0 Å². The maximum absolute atomic E-state index is 13.3. The zero-order valence-electron chi connectivity index (χ0n) is 14.1. The highest BCUT2D eigenvalue weighted by Crippen LogP contribution is 2.28. The Morgan fingerprint density at radius 2 is 2.27 bits per heavy atom. The van der Waals surface area contributed by atoms with Crippen molar-refractivity contribution in [3.05, 3.63) is 71.8 Å². The second-order valence-electron chi connectivity index (χ2n) is 6.43. The maximum atomic E-state index is 13.3. The lowest BCUT2D eigenvalue weighted by Gasteiger charge is -2.30. The fourth-order valence-electron chi connectivity index (χ4n) is 3.28. The Hall–Kier alpha value is -2.96. The van der Waals surface area contributed by atoms with Crippen molar-refractivity contribution >= 4 is 5.91 Å². The molecule has 4 rings (SSSR count). The average molecular weight is 355 g/mol. The van der Waals surface area contributed by atoms with Gasteiger partial charge in [-0.2, -0.15) is 0 Å². The molecule has 2 aromatic heterocycles. The molecule has 1 aliphatic heterocycles. The van der Waals surface area contributed by atoms with Gasteiger partial charge in [-0.3, -0.25) is 4.79 Å². The molecule has 1 aliphatic rings. The van der Waals surface area contributed by atoms with Crippen molar-refractivity contribution in [3.8, 4) is 0 Å². The molecule has 1 atom stereocenters. The lowest BCUT2D eigenvalue weighted by molar-refractivity contribution is 0.0666. The van der Waals surface area contributed by atoms with Crippen LogP contribution in [-0.2, 0) is 6.42 Å². The van der Waals surface area contributed by atoms with Gasteiger partial charge in [0.1, 0.15) is 11.6 Å². The predicted octanol–water partition coefficient (Wildman–Crippen LogP) is 3.41. The summed E-state index contributed by atoms with van der Waals surface area (Å²) in [5.41, 5.74) is 0.832. The number of oxazole rings is 2. The minimum atomic E-state index is -0.268. The fourth-order valence-corrected chi connectivity index (χ4v) is 3.28. The molecule has 1 unspecified atom stereocenters. The summed E-state index contributed by atoms with van der Waals surface area (Å²) >= 11 is 0. The summed E-state index contributed by atoms with van der Waals surface area (Å²) in [5, 5.41) is 0. The van der Waals surface area contributed by atoms with Crippen LogP contribution in [0.1, 0.15) is 46.5 Å². The number of amides is 1. The van der Waals surface area contributed by atoms with Gasteiger partial charge in [0.25, 0.3) is 5.91 Å². The van der Waals surface area contributed by atoms with E-state index in [1.54, 1.807) is 17.2 Å². The zero-order chi connectivity index (χ0) is 17.9. The molecule has 1 aromatic carbocycles. The number of hydrogen-bond donors (Lipinski definition) is 0. The van der Waals surface area contributed by atoms with Gasteiger partial charge in [-0.15, -0.1) is 0 Å². The Morgan fingerprint density at radius 3 is 3.08 bits per heavy atom. The van der Waals surface area contributed by atoms with Crippen molar-refractivity contribution in [3.63, 3.8) is 0 Å². The molecule has 26 heavy (non-hydrogen) atoms. The highest BCUT2D eigenvalue weighted by molar-refractivity contribution is 5.91. The van der Waals surface area contributed by atoms with E-state index in [1.807, 2.05) is 6.07 Å². The van der Waals surface area contributed by atoms with Crippen molar-refractivity contribution in [1.29, 1.82) is 0 Å². The Bertz CT molecular complexity index is 891. The molecule has 0 saturated carbocycles. The van der Waals surface area contributed by atoms with Crippen LogP contribution in [0.4, 0.5) is 4.39 Å². The van der Waals surface area contributed by atoms with Crippen LogP contribution in [0.15, 0.2) is 51.9 Å². The predicted molar refractivity (Wildman–Crippen MR) is 90.1 cm³/mol. The van der Waals surface area contributed by atoms with Crippen molar-refractivity contribution in [2.75, 3.05) is 13.1 Å². The summed E-state index contributed by atoms with van der Waals surface area (Å²) < 4.78 is 24.3. The van der Waals surface area contributed by atoms with Gasteiger partial charge in [0.15, 0.2) is 12.3 Å². The summed E-state index contributed by atoms with van der Waals surface area (Å²) in [6, 6.07) is 6.43. The van der Waals surface area contributed by atoms with Crippen LogP contribution in [0, 0.1) is 5.82 Å². The number of likely N-dealkylation sites (tertiary alicyclic amines) is 1. The molecule has 6 nitrogen and oxygen atoms in total. The normalized spacial score (nSPS) is 17.4. The number of nitrogens with zero attached hydrogens (tertiary/aromatic N) is 3. The summed E-state index contributed by atoms with van der Waals surface area (Å²) in [6.45, 7) is 1.20. The van der Waals surface area contributed by atoms with Crippen molar-refractivity contribution in [1.82, 2.24) is 14.9 Å². The Morgan fingerprint density at radius 1 is 1.35 bits per heavy atom. The number of piperidine rings is 1. The van der Waals surface area contributed by atoms with Crippen LogP contribution in [-0.4, -0.2) is 33.9 Å². The molecule has 3 aromatic rings. The summed E-state index contributed by atoms with van der Waals surface area (Å²) in [6.07, 6.45) is 6.61. The molecule has 1 fully saturated rings. The van der Waals surface area contributed by atoms with E-state index in [4.69, 9.17) is 8.83 Å².